The van der Waals surface area contributed by atoms with Gasteiger partial charge in [-0.3, -0.25) is 0 Å². The number of carbonyl (C=O) groups excluding carboxylic acids is 4. The van der Waals surface area contributed by atoms with Gasteiger partial charge in [0.2, 0.25) is 0 Å². The van der Waals surface area contributed by atoms with E-state index in [2.05, 4.69) is 105 Å². The van der Waals surface area contributed by atoms with Crippen LogP contribution in [0.3, 0.4) is 0 Å². The number of benzene rings is 4. The van der Waals surface area contributed by atoms with Crippen molar-refractivity contribution in [2.45, 2.75) is 104 Å². The summed E-state index contributed by atoms with van der Waals surface area (Å²) >= 11 is 14.6. The van der Waals surface area contributed by atoms with Crippen molar-refractivity contribution in [2.24, 2.45) is 0 Å². The van der Waals surface area contributed by atoms with Crippen molar-refractivity contribution in [3.63, 3.8) is 0 Å². The second-order valence-corrected chi connectivity index (χ2v) is 32.9. The predicted octanol–water partition coefficient (Wildman–Crippen LogP) is 11.5. The minimum absolute atomic E-state index is 0.0352. The number of alkyl carbamates (subject to hydrolysis) is 1. The van der Waals surface area contributed by atoms with Crippen LogP contribution in [-0.4, -0.2) is 74.6 Å². The molecule has 0 fully saturated rings. The van der Waals surface area contributed by atoms with Crippen LogP contribution in [0.1, 0.15) is 93.6 Å². The Bertz CT molecular complexity index is 2430. The second-order valence-electron chi connectivity index (χ2n) is 16.6. The number of unbranched alkanes of at least 4 members (excludes halogenated alkanes) is 3. The van der Waals surface area contributed by atoms with E-state index in [0.717, 1.165) is 22.0 Å². The van der Waals surface area contributed by atoms with E-state index in [9.17, 15) is 19.2 Å². The molecule has 3 atom stereocenters. The number of fused-ring (bicyclic) bond motifs is 1. The van der Waals surface area contributed by atoms with E-state index >= 15 is 0 Å². The van der Waals surface area contributed by atoms with E-state index < -0.39 is 60.4 Å². The van der Waals surface area contributed by atoms with Gasteiger partial charge in [-0.25, -0.2) is 4.79 Å². The number of aromatic nitrogens is 1. The molecule has 5 aromatic rings. The van der Waals surface area contributed by atoms with Gasteiger partial charge in [0.05, 0.1) is 38.5 Å². The fourth-order valence-electron chi connectivity index (χ4n) is 8.42. The van der Waals surface area contributed by atoms with Crippen LogP contribution in [-0.2, 0) is 36.9 Å². The van der Waals surface area contributed by atoms with E-state index in [-0.39, 0.29) is 34.4 Å². The fourth-order valence-corrected chi connectivity index (χ4v) is 27.3. The van der Waals surface area contributed by atoms with Crippen molar-refractivity contribution in [1.82, 2.24) is 20.9 Å². The number of nitrogens with one attached hydrogen (secondary N) is 4. The summed E-state index contributed by atoms with van der Waals surface area (Å²) in [5.41, 5.74) is 3.11. The Morgan fingerprint density at radius 1 is 0.701 bits per heavy atom. The van der Waals surface area contributed by atoms with Gasteiger partial charge >= 0.3 is 248 Å². The Morgan fingerprint density at radius 2 is 1.27 bits per heavy atom. The monoisotopic (exact) mass is 1290 g/mol. The van der Waals surface area contributed by atoms with Gasteiger partial charge in [0.1, 0.15) is 5.75 Å². The van der Waals surface area contributed by atoms with Crippen LogP contribution in [0.25, 0.3) is 10.9 Å². The van der Waals surface area contributed by atoms with Crippen molar-refractivity contribution in [1.29, 1.82) is 0 Å². The quantitative estimate of drug-likeness (QED) is 0.0270. The zero-order chi connectivity index (χ0) is 48.7. The number of amides is 3. The molecule has 17 heteroatoms. The number of halogens is 4. The first kappa shape index (κ1) is 54.5. The van der Waals surface area contributed by atoms with Crippen LogP contribution in [0.2, 0.25) is 23.4 Å². The predicted molar refractivity (Wildman–Crippen MR) is 285 cm³/mol. The minimum atomic E-state index is -2.80. The Kier molecular flexibility index (Phi) is 21.5. The van der Waals surface area contributed by atoms with E-state index in [0.29, 0.717) is 18.5 Å². The number of hydrogen-bond acceptors (Lipinski definition) is 8. The van der Waals surface area contributed by atoms with Crippen LogP contribution in [0.4, 0.5) is 4.79 Å². The zero-order valence-corrected chi connectivity index (χ0v) is 47.5. The number of ether oxygens (including phenoxy) is 4. The van der Waals surface area contributed by atoms with Crippen LogP contribution in [0.15, 0.2) is 79.0 Å². The van der Waals surface area contributed by atoms with Crippen LogP contribution < -0.4 is 29.0 Å². The third-order valence-electron chi connectivity index (χ3n) is 12.0. The van der Waals surface area contributed by atoms with Crippen LogP contribution in [0, 0.1) is 7.14 Å². The first-order valence-electron chi connectivity index (χ1n) is 22.5. The Labute approximate surface area is 435 Å². The third-order valence-corrected chi connectivity index (χ3v) is 29.8. The Balaban J connectivity index is 1.55. The molecule has 12 nitrogen and oxygen atoms in total. The topological polar surface area (TPSA) is 157 Å². The summed E-state index contributed by atoms with van der Waals surface area (Å²) < 4.78 is 28.5. The molecule has 5 rings (SSSR count). The maximum absolute atomic E-state index is 14.8. The molecule has 0 aliphatic rings. The van der Waals surface area contributed by atoms with Gasteiger partial charge < -0.3 is 14.2 Å². The van der Waals surface area contributed by atoms with Crippen molar-refractivity contribution in [3.8, 4) is 11.5 Å². The van der Waals surface area contributed by atoms with Crippen molar-refractivity contribution < 1.29 is 38.1 Å². The molecule has 0 saturated heterocycles. The van der Waals surface area contributed by atoms with E-state index in [4.69, 9.17) is 42.1 Å². The van der Waals surface area contributed by atoms with Gasteiger partial charge in [-0.05, 0) is 62.9 Å². The maximum atomic E-state index is 14.8. The molecule has 67 heavy (non-hydrogen) atoms. The summed E-state index contributed by atoms with van der Waals surface area (Å²) in [4.78, 5) is 60.0. The van der Waals surface area contributed by atoms with Crippen molar-refractivity contribution in [2.75, 3.05) is 21.3 Å². The third kappa shape index (κ3) is 14.3. The van der Waals surface area contributed by atoms with Gasteiger partial charge in [0.15, 0.2) is 11.8 Å². The summed E-state index contributed by atoms with van der Waals surface area (Å²) in [5, 5.41) is 9.49. The SMILES string of the molecule is CCC[CH2][Sn]([CH2]CCC)([CH2]CCC)[c]1ccc2c(C[C@@H](NC(=O)OCc3ccccc3)C(=O)N[C@@H](C(=O)N[C@@H](C(=O)OC)c3cc(I)c(OC)c(I)c3)c3cc(Cl)c(OC)c(Cl)c3)c[nH]c2c1. The number of aromatic amines is 1. The van der Waals surface area contributed by atoms with Gasteiger partial charge in [0.25, 0.3) is 0 Å². The van der Waals surface area contributed by atoms with Gasteiger partial charge in [-0.1, -0.05) is 53.5 Å². The van der Waals surface area contributed by atoms with Gasteiger partial charge in [0, 0.05) is 0 Å². The normalized spacial score (nSPS) is 12.7. The molecular formula is C50H60Cl2I2N4O8Sn. The number of rotatable bonds is 24. The van der Waals surface area contributed by atoms with E-state index in [1.165, 1.54) is 81.8 Å². The van der Waals surface area contributed by atoms with Gasteiger partial charge in [-0.15, -0.1) is 0 Å². The summed E-state index contributed by atoms with van der Waals surface area (Å²) in [5.74, 6) is -1.51. The second kappa shape index (κ2) is 26.5. The molecule has 4 N–H and O–H groups in total. The number of hydrogen-bond donors (Lipinski definition) is 4. The molecule has 360 valence electrons. The molecule has 0 bridgehead atoms. The van der Waals surface area contributed by atoms with Gasteiger partial charge in [-0.2, -0.15) is 0 Å². The molecule has 1 heterocycles. The molecular weight excluding hydrogens is 1230 g/mol. The van der Waals surface area contributed by atoms with E-state index in [1.807, 2.05) is 36.5 Å². The molecule has 0 aliphatic carbocycles. The van der Waals surface area contributed by atoms with Crippen LogP contribution >= 0.6 is 68.4 Å². The Morgan fingerprint density at radius 3 is 1.82 bits per heavy atom. The van der Waals surface area contributed by atoms with Crippen molar-refractivity contribution in [3.05, 3.63) is 118 Å². The molecule has 0 radical (unpaired) electrons. The molecule has 4 aromatic carbocycles. The summed E-state index contributed by atoms with van der Waals surface area (Å²) in [7, 11) is 4.16. The first-order chi connectivity index (χ1) is 32.2. The Hall–Kier alpha value is -3.46. The molecule has 0 saturated carbocycles. The summed E-state index contributed by atoms with van der Waals surface area (Å²) in [6.45, 7) is 6.78. The zero-order valence-electron chi connectivity index (χ0n) is 38.8. The summed E-state index contributed by atoms with van der Waals surface area (Å²) in [6.07, 6.45) is 8.29. The van der Waals surface area contributed by atoms with E-state index in [1.54, 1.807) is 19.2 Å². The molecule has 3 amide bonds. The number of methoxy groups -OCH3 is 3. The first-order valence-corrected chi connectivity index (χ1v) is 32.9. The standard InChI is InChI=1S/C38H33Cl2I2N4O8.3C4H9.Sn/c1-51-33-25(39)13-21(14-26(33)40)31(36(48)46-32(37(49)53-3)22-15-27(41)34(52-2)28(42)16-22)45-35(47)30(17-23-18-43-29-12-8-7-11-24(23)29)44-38(50)54-19-20-9-5-4-6-10-20;3*1-3-4-2;/h4-7,9-16,18,30-32,43H,17,19H2,1-3H3,(H,44,50)(H,45,47)(H,46,48);3*1,3-4H2,2H3;/t30-,31-,32-;;;;/m1..../s1. The van der Waals surface area contributed by atoms with Crippen molar-refractivity contribution >= 4 is 125 Å². The average Bonchev–Trinajstić information content (AvgIpc) is 3.72. The fraction of sp³-hybridized carbons (Fsp3) is 0.400. The summed E-state index contributed by atoms with van der Waals surface area (Å²) in [6, 6.07) is 18.2. The molecule has 0 spiro atoms. The molecule has 0 unspecified atom stereocenters. The molecule has 1 aromatic heterocycles. The number of esters is 1. The number of carbonyl (C=O) groups is 4. The molecule has 0 aliphatic heterocycles. The van der Waals surface area contributed by atoms with Crippen LogP contribution in [0.5, 0.6) is 11.5 Å². The average molecular weight is 1290 g/mol. The number of H-pyrrole nitrogens is 1.